The molecule has 0 radical (unpaired) electrons. The largest absolute Gasteiger partial charge is 0.352 e. The van der Waals surface area contributed by atoms with Gasteiger partial charge in [-0.15, -0.1) is 0 Å². The highest BCUT2D eigenvalue weighted by Crippen LogP contribution is 2.28. The third kappa shape index (κ3) is 3.15. The summed E-state index contributed by atoms with van der Waals surface area (Å²) in [6.45, 7) is 3.29. The first-order valence-electron chi connectivity index (χ1n) is 6.95. The van der Waals surface area contributed by atoms with E-state index in [1.807, 2.05) is 25.1 Å². The molecule has 0 bridgehead atoms. The van der Waals surface area contributed by atoms with Gasteiger partial charge in [0.25, 0.3) is 5.91 Å². The first-order valence-corrected chi connectivity index (χ1v) is 7.59. The number of rotatable bonds is 5. The Morgan fingerprint density at radius 3 is 2.85 bits per heavy atom. The number of para-hydroxylation sites is 1. The van der Waals surface area contributed by atoms with Crippen molar-refractivity contribution in [1.82, 2.24) is 5.32 Å². The van der Waals surface area contributed by atoms with Crippen molar-refractivity contribution in [3.05, 3.63) is 29.8 Å². The van der Waals surface area contributed by atoms with E-state index in [1.165, 1.54) is 0 Å². The number of carbonyl (C=O) groups excluding carboxylic acids is 2. The highest BCUT2D eigenvalue weighted by atomic mass is 32.1. The van der Waals surface area contributed by atoms with Crippen LogP contribution in [0.3, 0.4) is 0 Å². The maximum absolute atomic E-state index is 12.2. The molecule has 1 atom stereocenters. The molecule has 1 saturated heterocycles. The molecule has 0 aliphatic carbocycles. The van der Waals surface area contributed by atoms with Gasteiger partial charge in [0.1, 0.15) is 0 Å². The Morgan fingerprint density at radius 2 is 2.20 bits per heavy atom. The van der Waals surface area contributed by atoms with Gasteiger partial charge in [-0.3, -0.25) is 9.59 Å². The van der Waals surface area contributed by atoms with E-state index in [9.17, 15) is 9.59 Å². The van der Waals surface area contributed by atoms with Gasteiger partial charge in [-0.1, -0.05) is 19.1 Å². The molecule has 2 rings (SSSR count). The fourth-order valence-electron chi connectivity index (χ4n) is 2.37. The van der Waals surface area contributed by atoms with Crippen LogP contribution in [0.5, 0.6) is 0 Å². The second-order valence-electron chi connectivity index (χ2n) is 5.03. The molecule has 0 aromatic heterocycles. The monoisotopic (exact) mass is 292 g/mol. The maximum atomic E-state index is 12.2. The molecule has 1 aromatic carbocycles. The van der Waals surface area contributed by atoms with Crippen molar-refractivity contribution < 1.29 is 9.59 Å². The van der Waals surface area contributed by atoms with Gasteiger partial charge in [0.05, 0.1) is 11.3 Å². The van der Waals surface area contributed by atoms with Gasteiger partial charge in [-0.05, 0) is 30.2 Å². The molecule has 2 amide bonds. The molecule has 1 unspecified atom stereocenters. The molecule has 1 fully saturated rings. The Kier molecular flexibility index (Phi) is 5.06. The second kappa shape index (κ2) is 6.79. The average Bonchev–Trinajstić information content (AvgIpc) is 2.85. The van der Waals surface area contributed by atoms with E-state index >= 15 is 0 Å². The lowest BCUT2D eigenvalue weighted by atomic mass is 10.1. The van der Waals surface area contributed by atoms with Gasteiger partial charge >= 0.3 is 0 Å². The molecule has 0 spiro atoms. The Hall–Kier alpha value is -1.49. The number of thiol groups is 1. The van der Waals surface area contributed by atoms with Gasteiger partial charge in [-0.2, -0.15) is 12.6 Å². The fourth-order valence-corrected chi connectivity index (χ4v) is 2.62. The van der Waals surface area contributed by atoms with Gasteiger partial charge < -0.3 is 10.2 Å². The number of hydrogen-bond acceptors (Lipinski definition) is 3. The van der Waals surface area contributed by atoms with Crippen molar-refractivity contribution in [3.8, 4) is 0 Å². The molecule has 4 nitrogen and oxygen atoms in total. The maximum Gasteiger partial charge on any atom is 0.253 e. The lowest BCUT2D eigenvalue weighted by Gasteiger charge is -2.20. The number of carbonyl (C=O) groups is 2. The van der Waals surface area contributed by atoms with Crippen LogP contribution >= 0.6 is 12.6 Å². The van der Waals surface area contributed by atoms with Gasteiger partial charge in [0.2, 0.25) is 5.91 Å². The number of nitrogens with one attached hydrogen (secondary N) is 1. The van der Waals surface area contributed by atoms with Crippen molar-refractivity contribution in [2.24, 2.45) is 5.92 Å². The first kappa shape index (κ1) is 14.9. The molecule has 5 heteroatoms. The van der Waals surface area contributed by atoms with Crippen LogP contribution in [0.15, 0.2) is 24.3 Å². The standard InChI is InChI=1S/C15H20N2O2S/c1-2-7-16-15(19)12-5-3-4-6-13(12)17-9-11(10-20)8-14(17)18/h3-6,11,20H,2,7-10H2,1H3,(H,16,19). The van der Waals surface area contributed by atoms with E-state index in [0.29, 0.717) is 36.5 Å². The normalized spacial score (nSPS) is 18.4. The third-order valence-electron chi connectivity index (χ3n) is 3.44. The predicted octanol–water partition coefficient (Wildman–Crippen LogP) is 2.11. The SMILES string of the molecule is CCCNC(=O)c1ccccc1N1CC(CS)CC1=O. The van der Waals surface area contributed by atoms with Crippen LogP contribution in [0.25, 0.3) is 0 Å². The topological polar surface area (TPSA) is 49.4 Å². The second-order valence-corrected chi connectivity index (χ2v) is 5.40. The summed E-state index contributed by atoms with van der Waals surface area (Å²) in [6.07, 6.45) is 1.40. The van der Waals surface area contributed by atoms with E-state index in [-0.39, 0.29) is 17.7 Å². The summed E-state index contributed by atoms with van der Waals surface area (Å²) >= 11 is 4.26. The summed E-state index contributed by atoms with van der Waals surface area (Å²) in [7, 11) is 0. The Bertz CT molecular complexity index is 504. The molecule has 1 aliphatic rings. The van der Waals surface area contributed by atoms with Gasteiger partial charge in [0, 0.05) is 19.5 Å². The minimum atomic E-state index is -0.121. The number of nitrogens with zero attached hydrogens (tertiary/aromatic N) is 1. The molecular formula is C15H20N2O2S. The zero-order valence-electron chi connectivity index (χ0n) is 11.6. The van der Waals surface area contributed by atoms with E-state index in [1.54, 1.807) is 11.0 Å². The van der Waals surface area contributed by atoms with Crippen LogP contribution in [0.2, 0.25) is 0 Å². The minimum Gasteiger partial charge on any atom is -0.352 e. The summed E-state index contributed by atoms with van der Waals surface area (Å²) in [5.74, 6) is 0.897. The Morgan fingerprint density at radius 1 is 1.45 bits per heavy atom. The van der Waals surface area contributed by atoms with E-state index in [2.05, 4.69) is 17.9 Å². The molecule has 1 heterocycles. The number of hydrogen-bond donors (Lipinski definition) is 2. The number of amides is 2. The molecule has 1 aromatic rings. The average molecular weight is 292 g/mol. The van der Waals surface area contributed by atoms with E-state index in [4.69, 9.17) is 0 Å². The molecule has 0 saturated carbocycles. The van der Waals surface area contributed by atoms with Crippen LogP contribution < -0.4 is 10.2 Å². The molecule has 1 N–H and O–H groups in total. The summed E-state index contributed by atoms with van der Waals surface area (Å²) < 4.78 is 0. The summed E-state index contributed by atoms with van der Waals surface area (Å²) in [5.41, 5.74) is 1.27. The first-order chi connectivity index (χ1) is 9.67. The van der Waals surface area contributed by atoms with Crippen molar-refractivity contribution in [2.75, 3.05) is 23.7 Å². The highest BCUT2D eigenvalue weighted by molar-refractivity contribution is 7.80. The molecular weight excluding hydrogens is 272 g/mol. The number of benzene rings is 1. The van der Waals surface area contributed by atoms with Crippen LogP contribution in [0.1, 0.15) is 30.1 Å². The Labute approximate surface area is 124 Å². The molecule has 108 valence electrons. The fraction of sp³-hybridized carbons (Fsp3) is 0.467. The van der Waals surface area contributed by atoms with Crippen molar-refractivity contribution in [3.63, 3.8) is 0 Å². The molecule has 1 aliphatic heterocycles. The third-order valence-corrected chi connectivity index (χ3v) is 3.95. The van der Waals surface area contributed by atoms with Gasteiger partial charge in [-0.25, -0.2) is 0 Å². The van der Waals surface area contributed by atoms with Crippen LogP contribution in [0.4, 0.5) is 5.69 Å². The molecule has 20 heavy (non-hydrogen) atoms. The van der Waals surface area contributed by atoms with Gasteiger partial charge in [0.15, 0.2) is 0 Å². The quantitative estimate of drug-likeness (QED) is 0.817. The zero-order valence-corrected chi connectivity index (χ0v) is 12.5. The number of anilines is 1. The summed E-state index contributed by atoms with van der Waals surface area (Å²) in [5, 5.41) is 2.86. The van der Waals surface area contributed by atoms with E-state index in [0.717, 1.165) is 6.42 Å². The predicted molar refractivity (Wildman–Crippen MR) is 83.4 cm³/mol. The lowest BCUT2D eigenvalue weighted by Crippen LogP contribution is -2.30. The highest BCUT2D eigenvalue weighted by Gasteiger charge is 2.31. The van der Waals surface area contributed by atoms with Crippen molar-refractivity contribution in [1.29, 1.82) is 0 Å². The summed E-state index contributed by atoms with van der Waals surface area (Å²) in [6, 6.07) is 7.27. The van der Waals surface area contributed by atoms with Crippen LogP contribution in [0, 0.1) is 5.92 Å². The van der Waals surface area contributed by atoms with Crippen molar-refractivity contribution >= 4 is 30.1 Å². The minimum absolute atomic E-state index is 0.0693. The van der Waals surface area contributed by atoms with E-state index < -0.39 is 0 Å². The lowest BCUT2D eigenvalue weighted by molar-refractivity contribution is -0.117. The van der Waals surface area contributed by atoms with Crippen LogP contribution in [-0.2, 0) is 4.79 Å². The van der Waals surface area contributed by atoms with Crippen molar-refractivity contribution in [2.45, 2.75) is 19.8 Å². The van der Waals surface area contributed by atoms with Crippen LogP contribution in [-0.4, -0.2) is 30.7 Å². The zero-order chi connectivity index (χ0) is 14.5. The smallest absolute Gasteiger partial charge is 0.253 e. The summed E-state index contributed by atoms with van der Waals surface area (Å²) in [4.78, 5) is 26.0. The Balaban J connectivity index is 2.24.